The summed E-state index contributed by atoms with van der Waals surface area (Å²) in [6, 6.07) is 23.2. The summed E-state index contributed by atoms with van der Waals surface area (Å²) in [7, 11) is 0. The second kappa shape index (κ2) is 9.95. The first-order valence-electron chi connectivity index (χ1n) is 9.34. The minimum absolute atomic E-state index is 0.573. The van der Waals surface area contributed by atoms with E-state index in [1.54, 1.807) is 0 Å². The van der Waals surface area contributed by atoms with Gasteiger partial charge in [0.1, 0.15) is 12.4 Å². The van der Waals surface area contributed by atoms with Gasteiger partial charge in [0.15, 0.2) is 0 Å². The Kier molecular flexibility index (Phi) is 7.05. The molecule has 0 aromatic heterocycles. The van der Waals surface area contributed by atoms with Crippen molar-refractivity contribution in [2.45, 2.75) is 19.9 Å². The highest BCUT2D eigenvalue weighted by atomic mass is 16.5. The quantitative estimate of drug-likeness (QED) is 0.543. The van der Waals surface area contributed by atoms with Gasteiger partial charge >= 0.3 is 0 Å². The van der Waals surface area contributed by atoms with Gasteiger partial charge in [0.05, 0.1) is 6.61 Å². The molecule has 136 valence electrons. The van der Waals surface area contributed by atoms with Crippen molar-refractivity contribution in [3.05, 3.63) is 77.9 Å². The lowest BCUT2D eigenvalue weighted by atomic mass is 10.0. The lowest BCUT2D eigenvalue weighted by Crippen LogP contribution is -2.18. The van der Waals surface area contributed by atoms with Crippen LogP contribution in [0, 0.1) is 0 Å². The Morgan fingerprint density at radius 1 is 0.846 bits per heavy atom. The van der Waals surface area contributed by atoms with Gasteiger partial charge < -0.3 is 14.8 Å². The van der Waals surface area contributed by atoms with E-state index < -0.39 is 0 Å². The molecule has 0 unspecified atom stereocenters. The zero-order chi connectivity index (χ0) is 18.0. The highest BCUT2D eigenvalue weighted by Gasteiger charge is 2.09. The van der Waals surface area contributed by atoms with Crippen molar-refractivity contribution in [2.24, 2.45) is 0 Å². The summed E-state index contributed by atoms with van der Waals surface area (Å²) in [5.74, 6) is 0.940. The van der Waals surface area contributed by atoms with Gasteiger partial charge in [0, 0.05) is 18.7 Å². The van der Waals surface area contributed by atoms with Gasteiger partial charge in [-0.1, -0.05) is 60.7 Å². The number of hydrogen-bond donors (Lipinski definition) is 1. The second-order valence-corrected chi connectivity index (χ2v) is 6.22. The van der Waals surface area contributed by atoms with Crippen LogP contribution in [0.25, 0.3) is 10.8 Å². The molecule has 0 aliphatic rings. The van der Waals surface area contributed by atoms with E-state index >= 15 is 0 Å². The molecule has 26 heavy (non-hydrogen) atoms. The molecule has 0 fully saturated rings. The zero-order valence-electron chi connectivity index (χ0n) is 15.4. The monoisotopic (exact) mass is 349 g/mol. The smallest absolute Gasteiger partial charge is 0.124 e. The number of ether oxygens (including phenoxy) is 2. The molecular formula is C23H27NO2. The third kappa shape index (κ3) is 5.07. The van der Waals surface area contributed by atoms with Crippen LogP contribution in [0.5, 0.6) is 5.75 Å². The average Bonchev–Trinajstić information content (AvgIpc) is 2.70. The molecule has 0 aliphatic heterocycles. The summed E-state index contributed by atoms with van der Waals surface area (Å²) >= 11 is 0. The van der Waals surface area contributed by atoms with Crippen LogP contribution in [0.15, 0.2) is 66.7 Å². The molecular weight excluding hydrogens is 322 g/mol. The molecule has 0 spiro atoms. The normalized spacial score (nSPS) is 11.0. The predicted octanol–water partition coefficient (Wildman–Crippen LogP) is 4.59. The molecule has 3 aromatic rings. The van der Waals surface area contributed by atoms with Crippen molar-refractivity contribution in [2.75, 3.05) is 26.4 Å². The van der Waals surface area contributed by atoms with Gasteiger partial charge in [-0.15, -0.1) is 0 Å². The molecule has 3 heteroatoms. The Balaban J connectivity index is 1.67. The first-order chi connectivity index (χ1) is 12.9. The molecule has 3 aromatic carbocycles. The number of fused-ring (bicyclic) bond motifs is 1. The van der Waals surface area contributed by atoms with Crippen molar-refractivity contribution < 1.29 is 9.47 Å². The zero-order valence-corrected chi connectivity index (χ0v) is 15.4. The predicted molar refractivity (Wildman–Crippen MR) is 108 cm³/mol. The fraction of sp³-hybridized carbons (Fsp3) is 0.304. The maximum Gasteiger partial charge on any atom is 0.124 e. The first-order valence-corrected chi connectivity index (χ1v) is 9.34. The number of benzene rings is 3. The van der Waals surface area contributed by atoms with Crippen LogP contribution in [0.4, 0.5) is 0 Å². The van der Waals surface area contributed by atoms with Crippen LogP contribution in [-0.2, 0) is 17.7 Å². The average molecular weight is 349 g/mol. The second-order valence-electron chi connectivity index (χ2n) is 6.22. The Bertz CT molecular complexity index is 802. The Morgan fingerprint density at radius 2 is 1.65 bits per heavy atom. The van der Waals surface area contributed by atoms with Gasteiger partial charge in [-0.3, -0.25) is 0 Å². The minimum Gasteiger partial charge on any atom is -0.491 e. The van der Waals surface area contributed by atoms with Crippen molar-refractivity contribution in [3.8, 4) is 5.75 Å². The summed E-state index contributed by atoms with van der Waals surface area (Å²) in [5, 5.41) is 6.06. The molecule has 1 N–H and O–H groups in total. The molecule has 0 radical (unpaired) electrons. The van der Waals surface area contributed by atoms with Crippen LogP contribution in [0.3, 0.4) is 0 Å². The molecule has 3 rings (SSSR count). The van der Waals surface area contributed by atoms with E-state index in [1.165, 1.54) is 21.9 Å². The van der Waals surface area contributed by atoms with Crippen molar-refractivity contribution >= 4 is 10.8 Å². The van der Waals surface area contributed by atoms with E-state index in [0.29, 0.717) is 13.2 Å². The Hall–Kier alpha value is -2.36. The molecule has 0 aliphatic carbocycles. The van der Waals surface area contributed by atoms with Crippen LogP contribution in [0.1, 0.15) is 18.1 Å². The SMILES string of the molecule is CCOCCOc1ccc2ccccc2c1CNCCc1ccccc1. The first kappa shape index (κ1) is 18.4. The molecule has 0 bridgehead atoms. The van der Waals surface area contributed by atoms with Crippen molar-refractivity contribution in [3.63, 3.8) is 0 Å². The van der Waals surface area contributed by atoms with E-state index in [-0.39, 0.29) is 0 Å². The number of rotatable bonds is 10. The molecule has 0 saturated carbocycles. The van der Waals surface area contributed by atoms with Crippen molar-refractivity contribution in [1.29, 1.82) is 0 Å². The lowest BCUT2D eigenvalue weighted by Gasteiger charge is -2.15. The lowest BCUT2D eigenvalue weighted by molar-refractivity contribution is 0.110. The fourth-order valence-electron chi connectivity index (χ4n) is 3.08. The highest BCUT2D eigenvalue weighted by molar-refractivity contribution is 5.87. The third-order valence-corrected chi connectivity index (χ3v) is 4.42. The van der Waals surface area contributed by atoms with E-state index in [2.05, 4.69) is 72.0 Å². The van der Waals surface area contributed by atoms with Gasteiger partial charge in [-0.25, -0.2) is 0 Å². The van der Waals surface area contributed by atoms with Crippen LogP contribution in [-0.4, -0.2) is 26.4 Å². The molecule has 3 nitrogen and oxygen atoms in total. The summed E-state index contributed by atoms with van der Waals surface area (Å²) in [5.41, 5.74) is 2.57. The minimum atomic E-state index is 0.573. The molecule has 0 saturated heterocycles. The van der Waals surface area contributed by atoms with Crippen LogP contribution in [0.2, 0.25) is 0 Å². The van der Waals surface area contributed by atoms with E-state index in [9.17, 15) is 0 Å². The maximum atomic E-state index is 6.00. The third-order valence-electron chi connectivity index (χ3n) is 4.42. The van der Waals surface area contributed by atoms with Gasteiger partial charge in [-0.05, 0) is 42.3 Å². The van der Waals surface area contributed by atoms with Gasteiger partial charge in [-0.2, -0.15) is 0 Å². The summed E-state index contributed by atoms with van der Waals surface area (Å²) in [6.45, 7) is 5.63. The van der Waals surface area contributed by atoms with E-state index in [1.807, 2.05) is 6.92 Å². The maximum absolute atomic E-state index is 6.00. The van der Waals surface area contributed by atoms with Crippen LogP contribution >= 0.6 is 0 Å². The largest absolute Gasteiger partial charge is 0.491 e. The topological polar surface area (TPSA) is 30.5 Å². The number of nitrogens with one attached hydrogen (secondary N) is 1. The molecule has 0 atom stereocenters. The molecule has 0 heterocycles. The molecule has 0 amide bonds. The van der Waals surface area contributed by atoms with Gasteiger partial charge in [0.25, 0.3) is 0 Å². The van der Waals surface area contributed by atoms with E-state index in [4.69, 9.17) is 9.47 Å². The summed E-state index contributed by atoms with van der Waals surface area (Å²) in [4.78, 5) is 0. The van der Waals surface area contributed by atoms with Crippen molar-refractivity contribution in [1.82, 2.24) is 5.32 Å². The van der Waals surface area contributed by atoms with E-state index in [0.717, 1.165) is 31.9 Å². The number of hydrogen-bond acceptors (Lipinski definition) is 3. The summed E-state index contributed by atoms with van der Waals surface area (Å²) < 4.78 is 11.4. The highest BCUT2D eigenvalue weighted by Crippen LogP contribution is 2.28. The standard InChI is InChI=1S/C23H27NO2/c1-2-25-16-17-26-23-13-12-20-10-6-7-11-21(20)22(23)18-24-15-14-19-8-4-3-5-9-19/h3-13,24H,2,14-18H2,1H3. The van der Waals surface area contributed by atoms with Gasteiger partial charge in [0.2, 0.25) is 0 Å². The Morgan fingerprint density at radius 3 is 2.50 bits per heavy atom. The summed E-state index contributed by atoms with van der Waals surface area (Å²) in [6.07, 6.45) is 1.02. The fourth-order valence-corrected chi connectivity index (χ4v) is 3.08. The van der Waals surface area contributed by atoms with Crippen LogP contribution < -0.4 is 10.1 Å². The Labute approximate surface area is 156 Å².